The largest absolute Gasteiger partial charge is 0.465 e. The first-order valence-electron chi connectivity index (χ1n) is 5.21. The van der Waals surface area contributed by atoms with E-state index in [9.17, 15) is 18.0 Å². The van der Waals surface area contributed by atoms with Gasteiger partial charge >= 0.3 is 12.3 Å². The lowest BCUT2D eigenvalue weighted by Gasteiger charge is -2.13. The van der Waals surface area contributed by atoms with Gasteiger partial charge in [0.25, 0.3) is 0 Å². The third-order valence-electron chi connectivity index (χ3n) is 2.04. The van der Waals surface area contributed by atoms with Gasteiger partial charge in [0.05, 0.1) is 0 Å². The fraction of sp³-hybridized carbons (Fsp3) is 0.444. The zero-order valence-electron chi connectivity index (χ0n) is 9.66. The second kappa shape index (κ2) is 6.07. The normalized spacial score (nSPS) is 11.1. The van der Waals surface area contributed by atoms with Crippen LogP contribution < -0.4 is 16.4 Å². The van der Waals surface area contributed by atoms with Crippen LogP contribution in [0.5, 0.6) is 0 Å². The van der Waals surface area contributed by atoms with Crippen molar-refractivity contribution in [1.29, 1.82) is 0 Å². The number of alkyl halides is 3. The van der Waals surface area contributed by atoms with Gasteiger partial charge in [-0.1, -0.05) is 0 Å². The topological polar surface area (TPSA) is 113 Å². The molecule has 106 valence electrons. The zero-order chi connectivity index (χ0) is 14.5. The number of rotatable bonds is 5. The summed E-state index contributed by atoms with van der Waals surface area (Å²) in [7, 11) is 0. The van der Waals surface area contributed by atoms with Crippen LogP contribution in [0.25, 0.3) is 0 Å². The van der Waals surface area contributed by atoms with Crippen molar-refractivity contribution >= 4 is 17.9 Å². The van der Waals surface area contributed by atoms with Crippen molar-refractivity contribution in [3.05, 3.63) is 11.8 Å². The summed E-state index contributed by atoms with van der Waals surface area (Å²) < 4.78 is 37.8. The summed E-state index contributed by atoms with van der Waals surface area (Å²) in [5, 5.41) is 12.8. The van der Waals surface area contributed by atoms with Gasteiger partial charge in [-0.2, -0.15) is 18.2 Å². The standard InChI is InChI=1S/C9H12F3N5O2/c10-9(11,12)5-4-16-7(13)17-6(5)14-2-1-3-15-8(18)19/h4,15H,1-3H2,(H,18,19)(H3,13,14,16,17). The van der Waals surface area contributed by atoms with Crippen molar-refractivity contribution in [3.8, 4) is 0 Å². The molecule has 1 rings (SSSR count). The molecule has 0 spiro atoms. The molecule has 1 aromatic heterocycles. The summed E-state index contributed by atoms with van der Waals surface area (Å²) in [6.07, 6.45) is -4.88. The molecule has 10 heteroatoms. The predicted octanol–water partition coefficient (Wildman–Crippen LogP) is 1.15. The number of anilines is 2. The maximum Gasteiger partial charge on any atom is 0.421 e. The second-order valence-electron chi connectivity index (χ2n) is 3.50. The number of hydrogen-bond donors (Lipinski definition) is 4. The number of nitrogen functional groups attached to an aromatic ring is 1. The van der Waals surface area contributed by atoms with Gasteiger partial charge < -0.3 is 21.5 Å². The Labute approximate surface area is 106 Å². The Bertz CT molecular complexity index is 452. The minimum atomic E-state index is -4.59. The van der Waals surface area contributed by atoms with E-state index >= 15 is 0 Å². The first-order valence-corrected chi connectivity index (χ1v) is 5.21. The summed E-state index contributed by atoms with van der Waals surface area (Å²) in [4.78, 5) is 16.9. The highest BCUT2D eigenvalue weighted by molar-refractivity contribution is 5.64. The van der Waals surface area contributed by atoms with Crippen molar-refractivity contribution in [3.63, 3.8) is 0 Å². The molecule has 1 heterocycles. The Balaban J connectivity index is 2.61. The molecule has 5 N–H and O–H groups in total. The molecule has 0 atom stereocenters. The van der Waals surface area contributed by atoms with Crippen molar-refractivity contribution in [2.75, 3.05) is 24.1 Å². The predicted molar refractivity (Wildman–Crippen MR) is 60.6 cm³/mol. The average Bonchev–Trinajstić information content (AvgIpc) is 2.26. The molecule has 7 nitrogen and oxygen atoms in total. The fourth-order valence-electron chi connectivity index (χ4n) is 1.23. The van der Waals surface area contributed by atoms with E-state index in [2.05, 4.69) is 20.6 Å². The first kappa shape index (κ1) is 14.8. The SMILES string of the molecule is Nc1ncc(C(F)(F)F)c(NCCCNC(=O)O)n1. The summed E-state index contributed by atoms with van der Waals surface area (Å²) in [5.74, 6) is -0.700. The molecule has 0 aliphatic carbocycles. The van der Waals surface area contributed by atoms with E-state index in [0.29, 0.717) is 12.6 Å². The second-order valence-corrected chi connectivity index (χ2v) is 3.50. The lowest BCUT2D eigenvalue weighted by Crippen LogP contribution is -2.24. The summed E-state index contributed by atoms with van der Waals surface area (Å²) in [6.45, 7) is 0.226. The van der Waals surface area contributed by atoms with E-state index in [-0.39, 0.29) is 19.0 Å². The summed E-state index contributed by atoms with van der Waals surface area (Å²) in [5.41, 5.74) is 4.20. The number of amides is 1. The van der Waals surface area contributed by atoms with Crippen LogP contribution in [-0.2, 0) is 6.18 Å². The zero-order valence-corrected chi connectivity index (χ0v) is 9.66. The summed E-state index contributed by atoms with van der Waals surface area (Å²) >= 11 is 0. The smallest absolute Gasteiger partial charge is 0.421 e. The van der Waals surface area contributed by atoms with Crippen LogP contribution in [-0.4, -0.2) is 34.3 Å². The van der Waals surface area contributed by atoms with Gasteiger partial charge in [-0.05, 0) is 6.42 Å². The van der Waals surface area contributed by atoms with Crippen LogP contribution in [0.3, 0.4) is 0 Å². The Kier molecular flexibility index (Phi) is 4.73. The lowest BCUT2D eigenvalue weighted by molar-refractivity contribution is -0.137. The van der Waals surface area contributed by atoms with Gasteiger partial charge in [0.1, 0.15) is 11.4 Å². The van der Waals surface area contributed by atoms with Gasteiger partial charge in [0, 0.05) is 19.3 Å². The van der Waals surface area contributed by atoms with Crippen LogP contribution >= 0.6 is 0 Å². The molecule has 0 aliphatic heterocycles. The van der Waals surface area contributed by atoms with Gasteiger partial charge in [-0.3, -0.25) is 0 Å². The maximum atomic E-state index is 12.6. The third kappa shape index (κ3) is 4.85. The molecular weight excluding hydrogens is 267 g/mol. The van der Waals surface area contributed by atoms with Crippen molar-refractivity contribution in [1.82, 2.24) is 15.3 Å². The Morgan fingerprint density at radius 2 is 2.11 bits per heavy atom. The Hall–Kier alpha value is -2.26. The fourth-order valence-corrected chi connectivity index (χ4v) is 1.23. The molecule has 0 bridgehead atoms. The lowest BCUT2D eigenvalue weighted by atomic mass is 10.3. The maximum absolute atomic E-state index is 12.6. The van der Waals surface area contributed by atoms with Crippen LogP contribution in [0.15, 0.2) is 6.20 Å². The molecule has 0 aliphatic rings. The van der Waals surface area contributed by atoms with Crippen molar-refractivity contribution in [2.45, 2.75) is 12.6 Å². The van der Waals surface area contributed by atoms with E-state index in [1.54, 1.807) is 0 Å². The van der Waals surface area contributed by atoms with Gasteiger partial charge in [0.2, 0.25) is 5.95 Å². The molecule has 0 unspecified atom stereocenters. The minimum absolute atomic E-state index is 0.111. The van der Waals surface area contributed by atoms with Gasteiger partial charge in [-0.15, -0.1) is 0 Å². The number of nitrogens with zero attached hydrogens (tertiary/aromatic N) is 2. The molecule has 0 saturated carbocycles. The van der Waals surface area contributed by atoms with E-state index in [4.69, 9.17) is 10.8 Å². The number of aromatic nitrogens is 2. The molecule has 0 saturated heterocycles. The van der Waals surface area contributed by atoms with Crippen LogP contribution in [0.4, 0.5) is 29.7 Å². The molecule has 0 fully saturated rings. The highest BCUT2D eigenvalue weighted by Crippen LogP contribution is 2.33. The number of halogens is 3. The molecule has 1 aromatic rings. The first-order chi connectivity index (χ1) is 8.80. The monoisotopic (exact) mass is 279 g/mol. The van der Waals surface area contributed by atoms with Crippen molar-refractivity contribution in [2.24, 2.45) is 0 Å². The average molecular weight is 279 g/mol. The van der Waals surface area contributed by atoms with E-state index in [0.717, 1.165) is 0 Å². The number of nitrogens with one attached hydrogen (secondary N) is 2. The van der Waals surface area contributed by atoms with E-state index in [1.165, 1.54) is 0 Å². The number of carboxylic acid groups (broad SMARTS) is 1. The molecule has 0 radical (unpaired) electrons. The van der Waals surface area contributed by atoms with Crippen LogP contribution in [0.2, 0.25) is 0 Å². The van der Waals surface area contributed by atoms with Crippen LogP contribution in [0, 0.1) is 0 Å². The number of carbonyl (C=O) groups is 1. The van der Waals surface area contributed by atoms with Crippen LogP contribution in [0.1, 0.15) is 12.0 Å². The third-order valence-corrected chi connectivity index (χ3v) is 2.04. The van der Waals surface area contributed by atoms with Gasteiger partial charge in [0.15, 0.2) is 0 Å². The van der Waals surface area contributed by atoms with E-state index < -0.39 is 23.7 Å². The quantitative estimate of drug-likeness (QED) is 0.601. The molecule has 19 heavy (non-hydrogen) atoms. The Morgan fingerprint density at radius 1 is 1.42 bits per heavy atom. The number of nitrogens with two attached hydrogens (primary N) is 1. The minimum Gasteiger partial charge on any atom is -0.465 e. The molecule has 0 aromatic carbocycles. The summed E-state index contributed by atoms with van der Waals surface area (Å²) in [6, 6.07) is 0. The van der Waals surface area contributed by atoms with Gasteiger partial charge in [-0.25, -0.2) is 9.78 Å². The number of hydrogen-bond acceptors (Lipinski definition) is 5. The molecular formula is C9H12F3N5O2. The molecule has 1 amide bonds. The highest BCUT2D eigenvalue weighted by Gasteiger charge is 2.35. The Morgan fingerprint density at radius 3 is 2.68 bits per heavy atom. The highest BCUT2D eigenvalue weighted by atomic mass is 19.4. The van der Waals surface area contributed by atoms with Crippen molar-refractivity contribution < 1.29 is 23.1 Å². The van der Waals surface area contributed by atoms with E-state index in [1.807, 2.05) is 0 Å².